The highest BCUT2D eigenvalue weighted by atomic mass is 32.2. The summed E-state index contributed by atoms with van der Waals surface area (Å²) in [5.41, 5.74) is 0. The van der Waals surface area contributed by atoms with Gasteiger partial charge in [-0.15, -0.1) is 0 Å². The van der Waals surface area contributed by atoms with Crippen LogP contribution in [0.2, 0.25) is 0 Å². The van der Waals surface area contributed by atoms with Gasteiger partial charge in [-0.25, -0.2) is 8.42 Å². The second kappa shape index (κ2) is 8.01. The minimum absolute atomic E-state index is 0.0891. The fourth-order valence-electron chi connectivity index (χ4n) is 5.28. The standard InChI is InChI=1S/C21H28N2O6S/c24-21(22-7-9-27-10-8-22)18-13-15-3-1-2-4-17(15)23(18)30(25,26)16-5-6-19-20(14-16)29-12-11-28-19/h5-6,14-15,17-18H,1-4,7-13H2/t15-,17+,18+/m1/s1. The van der Waals surface area contributed by atoms with E-state index in [1.54, 1.807) is 17.0 Å². The monoisotopic (exact) mass is 436 g/mol. The summed E-state index contributed by atoms with van der Waals surface area (Å²) in [6.45, 7) is 2.87. The first-order valence-corrected chi connectivity index (χ1v) is 12.3. The van der Waals surface area contributed by atoms with Crippen molar-refractivity contribution in [3.63, 3.8) is 0 Å². The number of hydrogen-bond donors (Lipinski definition) is 0. The van der Waals surface area contributed by atoms with Gasteiger partial charge in [-0.3, -0.25) is 4.79 Å². The van der Waals surface area contributed by atoms with Gasteiger partial charge >= 0.3 is 0 Å². The number of amides is 1. The molecule has 0 N–H and O–H groups in total. The Labute approximate surface area is 177 Å². The van der Waals surface area contributed by atoms with E-state index in [2.05, 4.69) is 0 Å². The molecule has 2 saturated heterocycles. The number of benzene rings is 1. The Morgan fingerprint density at radius 2 is 1.70 bits per heavy atom. The largest absolute Gasteiger partial charge is 0.486 e. The molecule has 0 unspecified atom stereocenters. The molecule has 0 radical (unpaired) electrons. The quantitative estimate of drug-likeness (QED) is 0.716. The molecule has 0 spiro atoms. The van der Waals surface area contributed by atoms with Crippen molar-refractivity contribution in [3.8, 4) is 11.5 Å². The summed E-state index contributed by atoms with van der Waals surface area (Å²) in [5.74, 6) is 1.14. The molecule has 1 aromatic rings. The van der Waals surface area contributed by atoms with Crippen LogP contribution in [0.15, 0.2) is 23.1 Å². The first-order valence-electron chi connectivity index (χ1n) is 10.9. The minimum Gasteiger partial charge on any atom is -0.486 e. The van der Waals surface area contributed by atoms with Crippen molar-refractivity contribution in [3.05, 3.63) is 18.2 Å². The Morgan fingerprint density at radius 1 is 0.967 bits per heavy atom. The van der Waals surface area contributed by atoms with Crippen LogP contribution < -0.4 is 9.47 Å². The predicted molar refractivity (Wildman–Crippen MR) is 108 cm³/mol. The maximum atomic E-state index is 13.8. The van der Waals surface area contributed by atoms with Crippen LogP contribution in [0.1, 0.15) is 32.1 Å². The number of sulfonamides is 1. The molecule has 164 valence electrons. The summed E-state index contributed by atoms with van der Waals surface area (Å²) in [4.78, 5) is 15.3. The Bertz CT molecular complexity index is 914. The molecule has 3 heterocycles. The smallest absolute Gasteiger partial charge is 0.244 e. The van der Waals surface area contributed by atoms with E-state index in [1.165, 1.54) is 10.4 Å². The highest BCUT2D eigenvalue weighted by Crippen LogP contribution is 2.44. The third-order valence-corrected chi connectivity index (χ3v) is 8.66. The lowest BCUT2D eigenvalue weighted by atomic mass is 9.85. The average Bonchev–Trinajstić information content (AvgIpc) is 3.19. The van der Waals surface area contributed by atoms with E-state index in [-0.39, 0.29) is 22.8 Å². The summed E-state index contributed by atoms with van der Waals surface area (Å²) in [6, 6.07) is 3.99. The molecular weight excluding hydrogens is 408 g/mol. The number of fused-ring (bicyclic) bond motifs is 2. The molecule has 3 atom stereocenters. The molecule has 0 bridgehead atoms. The average molecular weight is 437 g/mol. The lowest BCUT2D eigenvalue weighted by molar-refractivity contribution is -0.139. The van der Waals surface area contributed by atoms with Crippen molar-refractivity contribution in [2.45, 2.75) is 49.1 Å². The van der Waals surface area contributed by atoms with Crippen LogP contribution in [0.4, 0.5) is 0 Å². The molecule has 1 aromatic carbocycles. The molecule has 3 aliphatic heterocycles. The van der Waals surface area contributed by atoms with Crippen molar-refractivity contribution in [1.82, 2.24) is 9.21 Å². The first-order chi connectivity index (χ1) is 14.6. The molecule has 1 saturated carbocycles. The third-order valence-electron chi connectivity index (χ3n) is 6.73. The molecular formula is C21H28N2O6S. The summed E-state index contributed by atoms with van der Waals surface area (Å²) >= 11 is 0. The number of rotatable bonds is 3. The maximum absolute atomic E-state index is 13.8. The van der Waals surface area contributed by atoms with Crippen LogP contribution >= 0.6 is 0 Å². The second-order valence-corrected chi connectivity index (χ2v) is 10.3. The van der Waals surface area contributed by atoms with Crippen molar-refractivity contribution < 1.29 is 27.4 Å². The maximum Gasteiger partial charge on any atom is 0.244 e. The summed E-state index contributed by atoms with van der Waals surface area (Å²) in [5, 5.41) is 0. The normalized spacial score (nSPS) is 29.5. The molecule has 1 aliphatic carbocycles. The molecule has 9 heteroatoms. The number of ether oxygens (including phenoxy) is 3. The van der Waals surface area contributed by atoms with Crippen LogP contribution in [0.25, 0.3) is 0 Å². The van der Waals surface area contributed by atoms with Crippen LogP contribution in [0.5, 0.6) is 11.5 Å². The van der Waals surface area contributed by atoms with E-state index in [0.29, 0.717) is 57.4 Å². The van der Waals surface area contributed by atoms with Crippen LogP contribution in [-0.2, 0) is 19.6 Å². The minimum atomic E-state index is -3.86. The molecule has 30 heavy (non-hydrogen) atoms. The van der Waals surface area contributed by atoms with Crippen LogP contribution in [0.3, 0.4) is 0 Å². The van der Waals surface area contributed by atoms with Gasteiger partial charge in [0.15, 0.2) is 11.5 Å². The van der Waals surface area contributed by atoms with E-state index in [9.17, 15) is 13.2 Å². The number of morpholine rings is 1. The van der Waals surface area contributed by atoms with E-state index in [4.69, 9.17) is 14.2 Å². The van der Waals surface area contributed by atoms with Crippen LogP contribution in [-0.4, -0.2) is 75.1 Å². The zero-order valence-electron chi connectivity index (χ0n) is 17.0. The van der Waals surface area contributed by atoms with Gasteiger partial charge in [-0.2, -0.15) is 4.31 Å². The van der Waals surface area contributed by atoms with Gasteiger partial charge in [0, 0.05) is 25.2 Å². The van der Waals surface area contributed by atoms with Gasteiger partial charge < -0.3 is 19.1 Å². The predicted octanol–water partition coefficient (Wildman–Crippen LogP) is 1.64. The fraction of sp³-hybridized carbons (Fsp3) is 0.667. The SMILES string of the molecule is O=C([C@@H]1C[C@H]2CCCC[C@@H]2N1S(=O)(=O)c1ccc2c(c1)OCCO2)N1CCOCC1. The van der Waals surface area contributed by atoms with Crippen molar-refractivity contribution >= 4 is 15.9 Å². The fourth-order valence-corrected chi connectivity index (χ4v) is 7.16. The number of hydrogen-bond acceptors (Lipinski definition) is 6. The molecule has 4 aliphatic rings. The second-order valence-electron chi connectivity index (χ2n) is 8.44. The zero-order valence-corrected chi connectivity index (χ0v) is 17.8. The molecule has 8 nitrogen and oxygen atoms in total. The highest BCUT2D eigenvalue weighted by Gasteiger charge is 2.52. The Hall–Kier alpha value is -1.84. The van der Waals surface area contributed by atoms with E-state index in [0.717, 1.165) is 25.7 Å². The lowest BCUT2D eigenvalue weighted by Gasteiger charge is -2.35. The number of carbonyl (C=O) groups is 1. The Balaban J connectivity index is 1.50. The highest BCUT2D eigenvalue weighted by molar-refractivity contribution is 7.89. The summed E-state index contributed by atoms with van der Waals surface area (Å²) < 4.78 is 45.6. The van der Waals surface area contributed by atoms with Gasteiger partial charge in [0.25, 0.3) is 0 Å². The van der Waals surface area contributed by atoms with Crippen LogP contribution in [0, 0.1) is 5.92 Å². The van der Waals surface area contributed by atoms with Gasteiger partial charge in [-0.1, -0.05) is 12.8 Å². The topological polar surface area (TPSA) is 85.4 Å². The number of carbonyl (C=O) groups excluding carboxylic acids is 1. The molecule has 0 aromatic heterocycles. The van der Waals surface area contributed by atoms with Gasteiger partial charge in [0.1, 0.15) is 19.3 Å². The lowest BCUT2D eigenvalue weighted by Crippen LogP contribution is -2.52. The summed E-state index contributed by atoms with van der Waals surface area (Å²) in [7, 11) is -3.86. The van der Waals surface area contributed by atoms with E-state index >= 15 is 0 Å². The zero-order chi connectivity index (χ0) is 20.7. The molecule has 1 amide bonds. The van der Waals surface area contributed by atoms with E-state index in [1.807, 2.05) is 0 Å². The Kier molecular flexibility index (Phi) is 5.37. The molecule has 5 rings (SSSR count). The van der Waals surface area contributed by atoms with Crippen molar-refractivity contribution in [2.75, 3.05) is 39.5 Å². The van der Waals surface area contributed by atoms with Gasteiger partial charge in [0.05, 0.1) is 18.1 Å². The van der Waals surface area contributed by atoms with Gasteiger partial charge in [0.2, 0.25) is 15.9 Å². The van der Waals surface area contributed by atoms with Gasteiger partial charge in [-0.05, 0) is 37.3 Å². The summed E-state index contributed by atoms with van der Waals surface area (Å²) in [6.07, 6.45) is 4.47. The first kappa shape index (κ1) is 20.1. The third kappa shape index (κ3) is 3.46. The molecule has 3 fully saturated rings. The number of nitrogens with zero attached hydrogens (tertiary/aromatic N) is 2. The van der Waals surface area contributed by atoms with Crippen molar-refractivity contribution in [1.29, 1.82) is 0 Å². The van der Waals surface area contributed by atoms with Crippen molar-refractivity contribution in [2.24, 2.45) is 5.92 Å². The Morgan fingerprint density at radius 3 is 2.50 bits per heavy atom. The van der Waals surface area contributed by atoms with E-state index < -0.39 is 16.1 Å².